The standard InChI is InChI=1S/C34H46BrN3O7/c1-6-9-16-26(40)36-19-25(23-14-11-10-12-15-23)44-33(43)27-28-31(41)38(22(5)20-39)30(34(28)18-24(35)29(27)45-34)32(42)37(17-8-3)21(4)13-7-2/h6,8,10-12,14-15,21-22,24-25,27-30,39H,1,3,7,9,13,16-20H2,2,4-5H3,(H,36,40)/t21?,22-,24?,25-,27-,28+,29-,30-,34+/m1/s1. The molecule has 9 atom stereocenters. The molecule has 3 amide bonds. The maximum Gasteiger partial charge on any atom is 0.313 e. The molecule has 0 aromatic heterocycles. The molecule has 3 saturated heterocycles. The summed E-state index contributed by atoms with van der Waals surface area (Å²) in [7, 11) is 0. The number of carbonyl (C=O) groups is 4. The van der Waals surface area contributed by atoms with Gasteiger partial charge in [0.25, 0.3) is 0 Å². The van der Waals surface area contributed by atoms with Crippen LogP contribution in [-0.2, 0) is 28.7 Å². The average Bonchev–Trinajstić information content (AvgIpc) is 3.63. The average molecular weight is 689 g/mol. The smallest absolute Gasteiger partial charge is 0.313 e. The molecular weight excluding hydrogens is 642 g/mol. The van der Waals surface area contributed by atoms with Gasteiger partial charge in [-0.1, -0.05) is 71.8 Å². The summed E-state index contributed by atoms with van der Waals surface area (Å²) in [5, 5.41) is 13.0. The number of hydrogen-bond donors (Lipinski definition) is 2. The van der Waals surface area contributed by atoms with Gasteiger partial charge in [-0.15, -0.1) is 13.2 Å². The number of ether oxygens (including phenoxy) is 2. The van der Waals surface area contributed by atoms with Gasteiger partial charge in [0, 0.05) is 23.8 Å². The largest absolute Gasteiger partial charge is 0.455 e. The van der Waals surface area contributed by atoms with Crippen molar-refractivity contribution in [1.82, 2.24) is 15.1 Å². The molecule has 0 saturated carbocycles. The number of halogens is 1. The highest BCUT2D eigenvalue weighted by Gasteiger charge is 2.77. The van der Waals surface area contributed by atoms with Crippen molar-refractivity contribution in [2.75, 3.05) is 19.7 Å². The molecule has 3 heterocycles. The number of allylic oxidation sites excluding steroid dienone is 1. The number of amides is 3. The molecule has 2 N–H and O–H groups in total. The number of aliphatic hydroxyl groups is 1. The van der Waals surface area contributed by atoms with Crippen molar-refractivity contribution in [3.05, 3.63) is 61.2 Å². The lowest BCUT2D eigenvalue weighted by Gasteiger charge is -2.40. The summed E-state index contributed by atoms with van der Waals surface area (Å²) < 4.78 is 12.7. The number of nitrogens with zero attached hydrogens (tertiary/aromatic N) is 2. The molecule has 3 aliphatic rings. The Balaban J connectivity index is 1.68. The van der Waals surface area contributed by atoms with Crippen LogP contribution < -0.4 is 5.32 Å². The van der Waals surface area contributed by atoms with Crippen molar-refractivity contribution < 1.29 is 33.8 Å². The normalized spacial score (nSPS) is 28.6. The molecule has 4 rings (SSSR count). The first-order valence-electron chi connectivity index (χ1n) is 15.8. The number of aliphatic hydroxyl groups excluding tert-OH is 1. The number of nitrogens with one attached hydrogen (secondary N) is 1. The molecule has 3 aliphatic heterocycles. The molecule has 10 nitrogen and oxygen atoms in total. The number of rotatable bonds is 16. The molecule has 0 aliphatic carbocycles. The summed E-state index contributed by atoms with van der Waals surface area (Å²) in [5.41, 5.74) is -0.595. The molecule has 246 valence electrons. The van der Waals surface area contributed by atoms with Gasteiger partial charge in [0.05, 0.1) is 37.1 Å². The van der Waals surface area contributed by atoms with Gasteiger partial charge < -0.3 is 29.7 Å². The van der Waals surface area contributed by atoms with E-state index in [0.29, 0.717) is 18.4 Å². The van der Waals surface area contributed by atoms with Gasteiger partial charge in [0.15, 0.2) is 0 Å². The molecule has 3 fully saturated rings. The number of likely N-dealkylation sites (tertiary alicyclic amines) is 1. The first kappa shape index (κ1) is 34.8. The van der Waals surface area contributed by atoms with Crippen molar-refractivity contribution in [2.45, 2.75) is 93.6 Å². The fourth-order valence-electron chi connectivity index (χ4n) is 7.18. The fourth-order valence-corrected chi connectivity index (χ4v) is 8.12. The van der Waals surface area contributed by atoms with Crippen LogP contribution in [0.1, 0.15) is 64.5 Å². The van der Waals surface area contributed by atoms with E-state index >= 15 is 0 Å². The van der Waals surface area contributed by atoms with Crippen molar-refractivity contribution in [3.8, 4) is 0 Å². The van der Waals surface area contributed by atoms with Crippen LogP contribution in [0.5, 0.6) is 0 Å². The lowest BCUT2D eigenvalue weighted by atomic mass is 9.70. The molecule has 2 bridgehead atoms. The number of alkyl halides is 1. The highest BCUT2D eigenvalue weighted by Crippen LogP contribution is 2.61. The van der Waals surface area contributed by atoms with Crippen molar-refractivity contribution in [3.63, 3.8) is 0 Å². The highest BCUT2D eigenvalue weighted by atomic mass is 79.9. The zero-order chi connectivity index (χ0) is 32.9. The minimum Gasteiger partial charge on any atom is -0.455 e. The summed E-state index contributed by atoms with van der Waals surface area (Å²) >= 11 is 3.69. The third-order valence-corrected chi connectivity index (χ3v) is 10.2. The fraction of sp³-hybridized carbons (Fsp3) is 0.588. The monoisotopic (exact) mass is 687 g/mol. The quantitative estimate of drug-likeness (QED) is 0.154. The van der Waals surface area contributed by atoms with E-state index in [1.165, 1.54) is 4.90 Å². The van der Waals surface area contributed by atoms with Gasteiger partial charge in [-0.05, 0) is 38.7 Å². The van der Waals surface area contributed by atoms with E-state index in [1.54, 1.807) is 24.0 Å². The molecule has 45 heavy (non-hydrogen) atoms. The van der Waals surface area contributed by atoms with Crippen LogP contribution in [0.25, 0.3) is 0 Å². The van der Waals surface area contributed by atoms with Gasteiger partial charge >= 0.3 is 5.97 Å². The molecule has 1 spiro atoms. The first-order valence-corrected chi connectivity index (χ1v) is 16.8. The second kappa shape index (κ2) is 15.0. The van der Waals surface area contributed by atoms with Crippen LogP contribution in [0.3, 0.4) is 0 Å². The number of benzene rings is 1. The number of carbonyl (C=O) groups excluding carboxylic acids is 4. The molecular formula is C34H46BrN3O7. The topological polar surface area (TPSA) is 125 Å². The Morgan fingerprint density at radius 3 is 2.58 bits per heavy atom. The van der Waals surface area contributed by atoms with E-state index in [-0.39, 0.29) is 48.8 Å². The lowest BCUT2D eigenvalue weighted by molar-refractivity contribution is -0.161. The van der Waals surface area contributed by atoms with Crippen molar-refractivity contribution in [1.29, 1.82) is 0 Å². The Morgan fingerprint density at radius 2 is 1.96 bits per heavy atom. The van der Waals surface area contributed by atoms with Crippen LogP contribution in [-0.4, -0.2) is 93.0 Å². The maximum absolute atomic E-state index is 14.5. The van der Waals surface area contributed by atoms with Gasteiger partial charge in [0.2, 0.25) is 17.7 Å². The summed E-state index contributed by atoms with van der Waals surface area (Å²) in [6, 6.07) is 7.26. The van der Waals surface area contributed by atoms with Crippen LogP contribution in [0.4, 0.5) is 0 Å². The van der Waals surface area contributed by atoms with Crippen LogP contribution in [0, 0.1) is 11.8 Å². The van der Waals surface area contributed by atoms with E-state index in [2.05, 4.69) is 34.4 Å². The van der Waals surface area contributed by atoms with E-state index < -0.39 is 53.6 Å². The van der Waals surface area contributed by atoms with E-state index in [1.807, 2.05) is 44.2 Å². The third kappa shape index (κ3) is 6.76. The van der Waals surface area contributed by atoms with Gasteiger partial charge in [-0.2, -0.15) is 0 Å². The summed E-state index contributed by atoms with van der Waals surface area (Å²) in [5.74, 6) is -3.49. The molecule has 1 aromatic carbocycles. The van der Waals surface area contributed by atoms with Crippen LogP contribution >= 0.6 is 15.9 Å². The van der Waals surface area contributed by atoms with E-state index in [9.17, 15) is 24.3 Å². The third-order valence-electron chi connectivity index (χ3n) is 9.31. The summed E-state index contributed by atoms with van der Waals surface area (Å²) in [6.45, 7) is 13.2. The number of hydrogen-bond acceptors (Lipinski definition) is 7. The van der Waals surface area contributed by atoms with Crippen molar-refractivity contribution in [2.24, 2.45) is 11.8 Å². The number of esters is 1. The Hall–Kier alpha value is -3.02. The molecule has 0 radical (unpaired) electrons. The lowest BCUT2D eigenvalue weighted by Crippen LogP contribution is -2.59. The molecule has 11 heteroatoms. The second-order valence-electron chi connectivity index (χ2n) is 12.3. The Kier molecular flexibility index (Phi) is 11.7. The predicted octanol–water partition coefficient (Wildman–Crippen LogP) is 3.69. The Bertz CT molecular complexity index is 1260. The second-order valence-corrected chi connectivity index (χ2v) is 13.5. The summed E-state index contributed by atoms with van der Waals surface area (Å²) in [4.78, 5) is 58.2. The van der Waals surface area contributed by atoms with Crippen LogP contribution in [0.2, 0.25) is 0 Å². The number of fused-ring (bicyclic) bond motifs is 1. The van der Waals surface area contributed by atoms with Crippen molar-refractivity contribution >= 4 is 39.6 Å². The maximum atomic E-state index is 14.5. The molecule has 1 aromatic rings. The molecule has 2 unspecified atom stereocenters. The zero-order valence-electron chi connectivity index (χ0n) is 26.4. The minimum atomic E-state index is -1.29. The Morgan fingerprint density at radius 1 is 1.24 bits per heavy atom. The highest BCUT2D eigenvalue weighted by molar-refractivity contribution is 9.09. The van der Waals surface area contributed by atoms with E-state index in [4.69, 9.17) is 9.47 Å². The van der Waals surface area contributed by atoms with Gasteiger partial charge in [0.1, 0.15) is 17.7 Å². The SMILES string of the molecule is C=CCCC(=O)NC[C@@H](OC(=O)[C@H]1[C@@H]2O[C@@]3(CC2Br)[C@@H]1C(=O)N([C@H](C)CO)[C@@H]3C(=O)N(CC=C)C(C)CCC)c1ccccc1. The predicted molar refractivity (Wildman–Crippen MR) is 173 cm³/mol. The zero-order valence-corrected chi connectivity index (χ0v) is 28.0. The first-order chi connectivity index (χ1) is 21.6. The minimum absolute atomic E-state index is 0.0477. The Labute approximate surface area is 274 Å². The van der Waals surface area contributed by atoms with E-state index in [0.717, 1.165) is 12.8 Å². The summed E-state index contributed by atoms with van der Waals surface area (Å²) in [6.07, 6.45) is 4.56. The van der Waals surface area contributed by atoms with Gasteiger partial charge in [-0.3, -0.25) is 19.2 Å². The van der Waals surface area contributed by atoms with Gasteiger partial charge in [-0.25, -0.2) is 0 Å². The van der Waals surface area contributed by atoms with Crippen LogP contribution in [0.15, 0.2) is 55.6 Å².